The van der Waals surface area contributed by atoms with Crippen LogP contribution in [-0.2, 0) is 9.59 Å². The molecule has 0 saturated carbocycles. The highest BCUT2D eigenvalue weighted by Crippen LogP contribution is 2.06. The number of aldehydes is 1. The molecule has 0 radical (unpaired) electrons. The smallest absolute Gasteiger partial charge is 0.155 e. The van der Waals surface area contributed by atoms with E-state index in [0.717, 1.165) is 37.5 Å². The summed E-state index contributed by atoms with van der Waals surface area (Å²) in [5.41, 5.74) is 0.928. The number of hydrogen-bond acceptors (Lipinski definition) is 2. The van der Waals surface area contributed by atoms with E-state index >= 15 is 0 Å². The Kier molecular flexibility index (Phi) is 14.8. The molecule has 0 aliphatic carbocycles. The van der Waals surface area contributed by atoms with Gasteiger partial charge in [0.1, 0.15) is 6.29 Å². The van der Waals surface area contributed by atoms with Crippen LogP contribution in [-0.4, -0.2) is 12.1 Å². The highest BCUT2D eigenvalue weighted by atomic mass is 16.1. The number of unbranched alkanes of at least 4 members (excludes halogenated alkanes) is 1. The van der Waals surface area contributed by atoms with Crippen LogP contribution in [0.2, 0.25) is 0 Å². The molecule has 0 aliphatic rings. The Labute approximate surface area is 112 Å². The van der Waals surface area contributed by atoms with E-state index in [2.05, 4.69) is 27.4 Å². The maximum absolute atomic E-state index is 10.7. The van der Waals surface area contributed by atoms with Crippen molar-refractivity contribution >= 4 is 12.1 Å². The first-order chi connectivity index (χ1) is 8.55. The highest BCUT2D eigenvalue weighted by Gasteiger charge is 2.01. The zero-order valence-electron chi connectivity index (χ0n) is 12.4. The van der Waals surface area contributed by atoms with E-state index in [1.54, 1.807) is 0 Å². The Morgan fingerprint density at radius 1 is 1.28 bits per heavy atom. The Morgan fingerprint density at radius 3 is 2.22 bits per heavy atom. The van der Waals surface area contributed by atoms with Crippen LogP contribution < -0.4 is 0 Å². The Hall–Kier alpha value is -1.18. The number of hydrogen-bond donors (Lipinski definition) is 0. The summed E-state index contributed by atoms with van der Waals surface area (Å²) in [6, 6.07) is 0. The third-order valence-corrected chi connectivity index (χ3v) is 2.73. The first-order valence-corrected chi connectivity index (χ1v) is 6.84. The molecular formula is C16H28O2. The number of carbonyl (C=O) groups excluding carboxylic acids is 2. The van der Waals surface area contributed by atoms with Gasteiger partial charge in [0.15, 0.2) is 5.78 Å². The van der Waals surface area contributed by atoms with Gasteiger partial charge in [-0.25, -0.2) is 0 Å². The summed E-state index contributed by atoms with van der Waals surface area (Å²) in [7, 11) is 0. The lowest BCUT2D eigenvalue weighted by Gasteiger charge is -2.02. The van der Waals surface area contributed by atoms with Crippen molar-refractivity contribution in [2.24, 2.45) is 5.92 Å². The molecular weight excluding hydrogens is 224 g/mol. The second-order valence-corrected chi connectivity index (χ2v) is 4.43. The summed E-state index contributed by atoms with van der Waals surface area (Å²) < 4.78 is 0. The molecule has 0 heterocycles. The highest BCUT2D eigenvalue weighted by molar-refractivity contribution is 5.89. The van der Waals surface area contributed by atoms with E-state index < -0.39 is 0 Å². The van der Waals surface area contributed by atoms with E-state index in [1.165, 1.54) is 6.08 Å². The molecule has 0 N–H and O–H groups in total. The lowest BCUT2D eigenvalue weighted by Crippen LogP contribution is -2.00. The van der Waals surface area contributed by atoms with Crippen molar-refractivity contribution < 1.29 is 9.59 Å². The summed E-state index contributed by atoms with van der Waals surface area (Å²) in [6.07, 6.45) is 9.08. The normalized spacial score (nSPS) is 12.1. The lowest BCUT2D eigenvalue weighted by atomic mass is 10.0. The Bertz CT molecular complexity index is 264. The van der Waals surface area contributed by atoms with Gasteiger partial charge < -0.3 is 0 Å². The Balaban J connectivity index is 0. The fourth-order valence-corrected chi connectivity index (χ4v) is 1.18. The minimum Gasteiger partial charge on any atom is -0.298 e. The fourth-order valence-electron chi connectivity index (χ4n) is 1.18. The molecule has 0 rings (SSSR count). The maximum atomic E-state index is 10.7. The molecule has 0 fully saturated rings. The predicted molar refractivity (Wildman–Crippen MR) is 78.6 cm³/mol. The predicted octanol–water partition coefficient (Wildman–Crippen LogP) is 4.50. The van der Waals surface area contributed by atoms with Crippen LogP contribution in [0.3, 0.4) is 0 Å². The molecule has 0 spiro atoms. The topological polar surface area (TPSA) is 34.1 Å². The zero-order valence-corrected chi connectivity index (χ0v) is 12.4. The third kappa shape index (κ3) is 12.9. The van der Waals surface area contributed by atoms with Crippen molar-refractivity contribution in [3.05, 3.63) is 24.3 Å². The quantitative estimate of drug-likeness (QED) is 0.471. The largest absolute Gasteiger partial charge is 0.298 e. The van der Waals surface area contributed by atoms with Crippen LogP contribution in [0.1, 0.15) is 59.8 Å². The second-order valence-electron chi connectivity index (χ2n) is 4.43. The average molecular weight is 252 g/mol. The Morgan fingerprint density at radius 2 is 1.89 bits per heavy atom. The lowest BCUT2D eigenvalue weighted by molar-refractivity contribution is -0.115. The summed E-state index contributed by atoms with van der Waals surface area (Å²) in [5, 5.41) is 0. The summed E-state index contributed by atoms with van der Waals surface area (Å²) in [6.45, 7) is 11.7. The number of allylic oxidation sites excluding steroid dienone is 3. The van der Waals surface area contributed by atoms with Crippen LogP contribution in [0.4, 0.5) is 0 Å². The SMILES string of the molecule is C=CC(=O)CC(C)CC.CCCC=C(C=O)CC. The van der Waals surface area contributed by atoms with Gasteiger partial charge in [-0.05, 0) is 30.4 Å². The van der Waals surface area contributed by atoms with E-state index in [0.29, 0.717) is 12.3 Å². The van der Waals surface area contributed by atoms with Crippen LogP contribution in [0, 0.1) is 5.92 Å². The average Bonchev–Trinajstić information content (AvgIpc) is 2.40. The third-order valence-electron chi connectivity index (χ3n) is 2.73. The van der Waals surface area contributed by atoms with Gasteiger partial charge in [0, 0.05) is 6.42 Å². The number of carbonyl (C=O) groups is 2. The van der Waals surface area contributed by atoms with Gasteiger partial charge in [-0.3, -0.25) is 9.59 Å². The van der Waals surface area contributed by atoms with E-state index in [-0.39, 0.29) is 5.78 Å². The molecule has 0 aliphatic heterocycles. The summed E-state index contributed by atoms with van der Waals surface area (Å²) in [5.74, 6) is 0.667. The monoisotopic (exact) mass is 252 g/mol. The van der Waals surface area contributed by atoms with E-state index in [1.807, 2.05) is 13.0 Å². The van der Waals surface area contributed by atoms with Crippen LogP contribution in [0.25, 0.3) is 0 Å². The van der Waals surface area contributed by atoms with Crippen molar-refractivity contribution in [3.63, 3.8) is 0 Å². The first kappa shape index (κ1) is 19.2. The molecule has 0 aromatic carbocycles. The number of rotatable bonds is 8. The van der Waals surface area contributed by atoms with Gasteiger partial charge in [0.05, 0.1) is 0 Å². The minimum absolute atomic E-state index is 0.157. The first-order valence-electron chi connectivity index (χ1n) is 6.84. The molecule has 2 heteroatoms. The maximum Gasteiger partial charge on any atom is 0.155 e. The molecule has 18 heavy (non-hydrogen) atoms. The molecule has 0 saturated heterocycles. The van der Waals surface area contributed by atoms with Crippen LogP contribution >= 0.6 is 0 Å². The minimum atomic E-state index is 0.157. The van der Waals surface area contributed by atoms with Gasteiger partial charge in [0.2, 0.25) is 0 Å². The van der Waals surface area contributed by atoms with Crippen LogP contribution in [0.5, 0.6) is 0 Å². The molecule has 1 unspecified atom stereocenters. The van der Waals surface area contributed by atoms with Crippen molar-refractivity contribution in [1.29, 1.82) is 0 Å². The van der Waals surface area contributed by atoms with Gasteiger partial charge in [0.25, 0.3) is 0 Å². The van der Waals surface area contributed by atoms with Crippen LogP contribution in [0.15, 0.2) is 24.3 Å². The van der Waals surface area contributed by atoms with Gasteiger partial charge in [-0.1, -0.05) is 53.2 Å². The summed E-state index contributed by atoms with van der Waals surface area (Å²) in [4.78, 5) is 20.8. The van der Waals surface area contributed by atoms with E-state index in [4.69, 9.17) is 0 Å². The standard InChI is InChI=1S/2C8H14O/c1-4-7(3)6-8(9)5-2;1-3-5-6-8(4-2)7-9/h5,7H,2,4,6H2,1,3H3;6-7H,3-5H2,1-2H3. The van der Waals surface area contributed by atoms with E-state index in [9.17, 15) is 9.59 Å². The molecule has 1 atom stereocenters. The van der Waals surface area contributed by atoms with Gasteiger partial charge in [-0.15, -0.1) is 0 Å². The molecule has 0 aromatic heterocycles. The van der Waals surface area contributed by atoms with Crippen molar-refractivity contribution in [2.45, 2.75) is 59.8 Å². The zero-order chi connectivity index (χ0) is 14.4. The molecule has 0 bridgehead atoms. The van der Waals surface area contributed by atoms with Crippen molar-refractivity contribution in [2.75, 3.05) is 0 Å². The fraction of sp³-hybridized carbons (Fsp3) is 0.625. The molecule has 0 amide bonds. The molecule has 0 aromatic rings. The second kappa shape index (κ2) is 13.9. The van der Waals surface area contributed by atoms with Crippen molar-refractivity contribution in [3.8, 4) is 0 Å². The number of ketones is 1. The van der Waals surface area contributed by atoms with Gasteiger partial charge >= 0.3 is 0 Å². The summed E-state index contributed by atoms with van der Waals surface area (Å²) >= 11 is 0. The molecule has 2 nitrogen and oxygen atoms in total. The van der Waals surface area contributed by atoms with Crippen molar-refractivity contribution in [1.82, 2.24) is 0 Å². The molecule has 104 valence electrons. The van der Waals surface area contributed by atoms with Gasteiger partial charge in [-0.2, -0.15) is 0 Å².